The maximum Gasteiger partial charge on any atom is 0.341 e. The molecular weight excluding hydrogens is 417 g/mol. The van der Waals surface area contributed by atoms with Gasteiger partial charge in [0.2, 0.25) is 0 Å². The van der Waals surface area contributed by atoms with E-state index in [4.69, 9.17) is 9.47 Å². The molecule has 2 aliphatic rings. The molecule has 5 heteroatoms. The summed E-state index contributed by atoms with van der Waals surface area (Å²) >= 11 is 0. The summed E-state index contributed by atoms with van der Waals surface area (Å²) in [6.07, 6.45) is 4.24. The van der Waals surface area contributed by atoms with E-state index in [1.807, 2.05) is 0 Å². The zero-order valence-corrected chi connectivity index (χ0v) is 20.3. The van der Waals surface area contributed by atoms with Crippen LogP contribution in [0, 0.1) is 18.7 Å². The van der Waals surface area contributed by atoms with Crippen LogP contribution < -0.4 is 4.74 Å². The maximum absolute atomic E-state index is 14.8. The molecule has 1 aliphatic heterocycles. The summed E-state index contributed by atoms with van der Waals surface area (Å²) in [5.41, 5.74) is 2.92. The topological polar surface area (TPSA) is 38.8 Å². The molecule has 4 rings (SSSR count). The molecule has 0 N–H and O–H groups in total. The summed E-state index contributed by atoms with van der Waals surface area (Å²) in [4.78, 5) is 15.0. The molecule has 1 aliphatic carbocycles. The average molecular weight is 454 g/mol. The van der Waals surface area contributed by atoms with Gasteiger partial charge in [0.25, 0.3) is 0 Å². The van der Waals surface area contributed by atoms with Crippen molar-refractivity contribution in [3.8, 4) is 5.75 Å². The highest BCUT2D eigenvalue weighted by Crippen LogP contribution is 2.45. The first-order chi connectivity index (χ1) is 15.7. The van der Waals surface area contributed by atoms with Crippen LogP contribution in [0.1, 0.15) is 79.4 Å². The fourth-order valence-electron chi connectivity index (χ4n) is 4.37. The lowest BCUT2D eigenvalue weighted by Gasteiger charge is -2.32. The Bertz CT molecular complexity index is 968. The highest BCUT2D eigenvalue weighted by molar-refractivity contribution is 5.90. The molecule has 33 heavy (non-hydrogen) atoms. The molecule has 2 aromatic carbocycles. The monoisotopic (exact) mass is 453 g/mol. The molecule has 1 heterocycles. The number of piperidine rings is 1. The van der Waals surface area contributed by atoms with Crippen molar-refractivity contribution in [1.82, 2.24) is 4.90 Å². The first-order valence-corrected chi connectivity index (χ1v) is 12.2. The second-order valence-corrected chi connectivity index (χ2v) is 10.7. The predicted molar refractivity (Wildman–Crippen MR) is 128 cm³/mol. The summed E-state index contributed by atoms with van der Waals surface area (Å²) in [7, 11) is 0. The third kappa shape index (κ3) is 6.57. The lowest BCUT2D eigenvalue weighted by molar-refractivity contribution is 0.00645. The minimum absolute atomic E-state index is 0.00332. The Morgan fingerprint density at radius 2 is 1.73 bits per heavy atom. The lowest BCUT2D eigenvalue weighted by Crippen LogP contribution is -2.35. The van der Waals surface area contributed by atoms with Gasteiger partial charge in [-0.3, -0.25) is 4.90 Å². The number of ether oxygens (including phenoxy) is 2. The number of benzene rings is 2. The number of nitrogens with zero attached hydrogens (tertiary/aromatic N) is 1. The third-order valence-electron chi connectivity index (χ3n) is 6.44. The molecule has 0 bridgehead atoms. The number of likely N-dealkylation sites (tertiary alicyclic amines) is 1. The van der Waals surface area contributed by atoms with Gasteiger partial charge in [0.15, 0.2) is 0 Å². The Morgan fingerprint density at radius 3 is 2.33 bits per heavy atom. The Labute approximate surface area is 197 Å². The SMILES string of the molecule is Cc1ccc(CN2CCC(COc3cc(F)c(C(=O)OC(C)(C)C)cc3C3CC3)CC2)cc1. The molecule has 0 atom stereocenters. The van der Waals surface area contributed by atoms with Crippen molar-refractivity contribution in [2.45, 2.75) is 71.4 Å². The molecule has 0 aromatic heterocycles. The highest BCUT2D eigenvalue weighted by Gasteiger charge is 2.31. The smallest absolute Gasteiger partial charge is 0.341 e. The van der Waals surface area contributed by atoms with Gasteiger partial charge in [-0.25, -0.2) is 9.18 Å². The zero-order chi connectivity index (χ0) is 23.6. The largest absolute Gasteiger partial charge is 0.493 e. The number of hydrogen-bond donors (Lipinski definition) is 0. The van der Waals surface area contributed by atoms with Crippen LogP contribution in [0.2, 0.25) is 0 Å². The van der Waals surface area contributed by atoms with Crippen LogP contribution in [-0.4, -0.2) is 36.2 Å². The van der Waals surface area contributed by atoms with Crippen molar-refractivity contribution in [2.75, 3.05) is 19.7 Å². The summed E-state index contributed by atoms with van der Waals surface area (Å²) in [5, 5.41) is 0. The molecule has 0 radical (unpaired) electrons. The van der Waals surface area contributed by atoms with Crippen LogP contribution in [0.15, 0.2) is 36.4 Å². The average Bonchev–Trinajstić information content (AvgIpc) is 3.59. The molecular formula is C28H36FNO3. The molecule has 2 aromatic rings. The number of esters is 1. The highest BCUT2D eigenvalue weighted by atomic mass is 19.1. The van der Waals surface area contributed by atoms with Crippen molar-refractivity contribution in [3.05, 3.63) is 64.5 Å². The minimum Gasteiger partial charge on any atom is -0.493 e. The standard InChI is InChI=1S/C28H36FNO3/c1-19-5-7-20(8-6-19)17-30-13-11-21(12-14-30)18-32-26-16-25(29)24(15-23(26)22-9-10-22)27(31)33-28(2,3)4/h5-8,15-16,21-22H,9-14,17-18H2,1-4H3. The molecule has 4 nitrogen and oxygen atoms in total. The minimum atomic E-state index is -0.660. The van der Waals surface area contributed by atoms with E-state index in [1.165, 1.54) is 17.2 Å². The fourth-order valence-corrected chi connectivity index (χ4v) is 4.37. The third-order valence-corrected chi connectivity index (χ3v) is 6.44. The molecule has 2 fully saturated rings. The van der Waals surface area contributed by atoms with Gasteiger partial charge in [-0.15, -0.1) is 0 Å². The zero-order valence-electron chi connectivity index (χ0n) is 20.3. The van der Waals surface area contributed by atoms with Gasteiger partial charge in [0.05, 0.1) is 12.2 Å². The van der Waals surface area contributed by atoms with Gasteiger partial charge in [-0.05, 0) is 95.5 Å². The van der Waals surface area contributed by atoms with Crippen molar-refractivity contribution in [2.24, 2.45) is 5.92 Å². The quantitative estimate of drug-likeness (QED) is 0.464. The Hall–Kier alpha value is -2.40. The van der Waals surface area contributed by atoms with Gasteiger partial charge in [-0.1, -0.05) is 29.8 Å². The molecule has 0 amide bonds. The first kappa shape index (κ1) is 23.7. The number of aryl methyl sites for hydroxylation is 1. The van der Waals surface area contributed by atoms with E-state index >= 15 is 0 Å². The van der Waals surface area contributed by atoms with E-state index in [2.05, 4.69) is 36.1 Å². The van der Waals surface area contributed by atoms with Crippen LogP contribution in [0.5, 0.6) is 5.75 Å². The number of rotatable bonds is 7. The van der Waals surface area contributed by atoms with Crippen LogP contribution >= 0.6 is 0 Å². The Morgan fingerprint density at radius 1 is 1.06 bits per heavy atom. The molecule has 0 unspecified atom stereocenters. The number of carbonyl (C=O) groups excluding carboxylic acids is 1. The van der Waals surface area contributed by atoms with Gasteiger partial charge in [-0.2, -0.15) is 0 Å². The Kier molecular flexibility index (Phi) is 7.08. The second-order valence-electron chi connectivity index (χ2n) is 10.7. The second kappa shape index (κ2) is 9.84. The van der Waals surface area contributed by atoms with E-state index in [0.717, 1.165) is 50.9 Å². The van der Waals surface area contributed by atoms with Gasteiger partial charge in [0.1, 0.15) is 17.2 Å². The van der Waals surface area contributed by atoms with E-state index in [9.17, 15) is 9.18 Å². The Balaban J connectivity index is 1.34. The van der Waals surface area contributed by atoms with E-state index in [1.54, 1.807) is 26.8 Å². The maximum atomic E-state index is 14.8. The molecule has 1 saturated heterocycles. The first-order valence-electron chi connectivity index (χ1n) is 12.2. The normalized spacial score (nSPS) is 17.7. The number of carbonyl (C=O) groups is 1. The number of hydrogen-bond acceptors (Lipinski definition) is 4. The van der Waals surface area contributed by atoms with Crippen LogP contribution in [0.25, 0.3) is 0 Å². The predicted octanol–water partition coefficient (Wildman–Crippen LogP) is 6.26. The molecule has 0 spiro atoms. The van der Waals surface area contributed by atoms with Crippen LogP contribution in [0.3, 0.4) is 0 Å². The lowest BCUT2D eigenvalue weighted by atomic mass is 9.97. The molecule has 178 valence electrons. The van der Waals surface area contributed by atoms with Crippen molar-refractivity contribution < 1.29 is 18.7 Å². The summed E-state index contributed by atoms with van der Waals surface area (Å²) in [6.45, 7) is 11.1. The number of halogens is 1. The molecule has 1 saturated carbocycles. The summed E-state index contributed by atoms with van der Waals surface area (Å²) < 4.78 is 26.3. The van der Waals surface area contributed by atoms with Gasteiger partial charge in [0, 0.05) is 12.6 Å². The fraction of sp³-hybridized carbons (Fsp3) is 0.536. The van der Waals surface area contributed by atoms with Gasteiger partial charge >= 0.3 is 5.97 Å². The van der Waals surface area contributed by atoms with Gasteiger partial charge < -0.3 is 9.47 Å². The van der Waals surface area contributed by atoms with Crippen molar-refractivity contribution in [3.63, 3.8) is 0 Å². The van der Waals surface area contributed by atoms with E-state index in [-0.39, 0.29) is 5.56 Å². The van der Waals surface area contributed by atoms with Crippen molar-refractivity contribution >= 4 is 5.97 Å². The summed E-state index contributed by atoms with van der Waals surface area (Å²) in [6, 6.07) is 11.8. The van der Waals surface area contributed by atoms with E-state index < -0.39 is 17.4 Å². The van der Waals surface area contributed by atoms with Crippen LogP contribution in [0.4, 0.5) is 4.39 Å². The van der Waals surface area contributed by atoms with Crippen LogP contribution in [-0.2, 0) is 11.3 Å². The van der Waals surface area contributed by atoms with E-state index in [0.29, 0.717) is 24.2 Å². The summed E-state index contributed by atoms with van der Waals surface area (Å²) in [5.74, 6) is 0.202. The van der Waals surface area contributed by atoms with Crippen molar-refractivity contribution in [1.29, 1.82) is 0 Å².